The molecule has 0 saturated heterocycles. The predicted octanol–water partition coefficient (Wildman–Crippen LogP) is 2.37. The first-order valence-corrected chi connectivity index (χ1v) is 5.82. The Balaban J connectivity index is 2.99. The standard InChI is InChI=1S/C11H17F3N4O/c1-4-15-10-17-8(11(12,13)14)5-9(18-10)16-7(2)6-19-3/h5,7H,4,6H2,1-3H3,(H2,15,16,17,18). The molecule has 0 radical (unpaired) electrons. The van der Waals surface area contributed by atoms with E-state index < -0.39 is 11.9 Å². The zero-order valence-electron chi connectivity index (χ0n) is 11.0. The van der Waals surface area contributed by atoms with Crippen molar-refractivity contribution < 1.29 is 17.9 Å². The van der Waals surface area contributed by atoms with E-state index in [0.29, 0.717) is 13.2 Å². The summed E-state index contributed by atoms with van der Waals surface area (Å²) >= 11 is 0. The molecule has 1 unspecified atom stereocenters. The van der Waals surface area contributed by atoms with Crippen LogP contribution in [0.4, 0.5) is 24.9 Å². The monoisotopic (exact) mass is 278 g/mol. The molecule has 0 aliphatic heterocycles. The van der Waals surface area contributed by atoms with Crippen LogP contribution in [-0.4, -0.2) is 36.3 Å². The number of hydrogen-bond acceptors (Lipinski definition) is 5. The average molecular weight is 278 g/mol. The highest BCUT2D eigenvalue weighted by Crippen LogP contribution is 2.29. The Bertz CT molecular complexity index is 411. The van der Waals surface area contributed by atoms with Gasteiger partial charge in [-0.3, -0.25) is 0 Å². The molecule has 19 heavy (non-hydrogen) atoms. The largest absolute Gasteiger partial charge is 0.433 e. The van der Waals surface area contributed by atoms with Crippen LogP contribution in [0, 0.1) is 0 Å². The van der Waals surface area contributed by atoms with Crippen molar-refractivity contribution in [2.45, 2.75) is 26.1 Å². The quantitative estimate of drug-likeness (QED) is 0.836. The normalized spacial score (nSPS) is 13.2. The van der Waals surface area contributed by atoms with Gasteiger partial charge in [-0.1, -0.05) is 0 Å². The van der Waals surface area contributed by atoms with Crippen LogP contribution < -0.4 is 10.6 Å². The van der Waals surface area contributed by atoms with E-state index in [4.69, 9.17) is 4.74 Å². The lowest BCUT2D eigenvalue weighted by Crippen LogP contribution is -2.23. The second-order valence-electron chi connectivity index (χ2n) is 3.99. The van der Waals surface area contributed by atoms with Crippen molar-refractivity contribution in [3.63, 3.8) is 0 Å². The Labute approximate surface area is 109 Å². The summed E-state index contributed by atoms with van der Waals surface area (Å²) < 4.78 is 43.0. The first-order valence-electron chi connectivity index (χ1n) is 5.82. The molecule has 0 bridgehead atoms. The molecule has 1 rings (SSSR count). The molecule has 0 aromatic carbocycles. The summed E-state index contributed by atoms with van der Waals surface area (Å²) in [6.07, 6.45) is -4.51. The van der Waals surface area contributed by atoms with Crippen LogP contribution in [0.25, 0.3) is 0 Å². The van der Waals surface area contributed by atoms with E-state index in [2.05, 4.69) is 20.6 Å². The van der Waals surface area contributed by atoms with Gasteiger partial charge >= 0.3 is 6.18 Å². The fourth-order valence-electron chi connectivity index (χ4n) is 1.45. The Morgan fingerprint density at radius 1 is 1.37 bits per heavy atom. The molecular formula is C11H17F3N4O. The van der Waals surface area contributed by atoms with Crippen molar-refractivity contribution in [2.75, 3.05) is 30.9 Å². The Kier molecular flexibility index (Phi) is 5.34. The molecule has 1 atom stereocenters. The highest BCUT2D eigenvalue weighted by Gasteiger charge is 2.33. The number of hydrogen-bond donors (Lipinski definition) is 2. The zero-order chi connectivity index (χ0) is 14.5. The van der Waals surface area contributed by atoms with Gasteiger partial charge in [0.05, 0.1) is 6.61 Å². The van der Waals surface area contributed by atoms with Crippen LogP contribution >= 0.6 is 0 Å². The number of halogens is 3. The third kappa shape index (κ3) is 4.90. The fraction of sp³-hybridized carbons (Fsp3) is 0.636. The number of nitrogens with zero attached hydrogens (tertiary/aromatic N) is 2. The van der Waals surface area contributed by atoms with Crippen LogP contribution in [0.3, 0.4) is 0 Å². The SMILES string of the molecule is CCNc1nc(NC(C)COC)cc(C(F)(F)F)n1. The maximum Gasteiger partial charge on any atom is 0.433 e. The fourth-order valence-corrected chi connectivity index (χ4v) is 1.45. The number of alkyl halides is 3. The third-order valence-corrected chi connectivity index (χ3v) is 2.16. The van der Waals surface area contributed by atoms with Gasteiger partial charge < -0.3 is 15.4 Å². The van der Waals surface area contributed by atoms with Crippen molar-refractivity contribution in [2.24, 2.45) is 0 Å². The van der Waals surface area contributed by atoms with E-state index in [1.165, 1.54) is 7.11 Å². The third-order valence-electron chi connectivity index (χ3n) is 2.16. The molecule has 0 saturated carbocycles. The maximum atomic E-state index is 12.7. The lowest BCUT2D eigenvalue weighted by Gasteiger charge is -2.16. The topological polar surface area (TPSA) is 59.1 Å². The lowest BCUT2D eigenvalue weighted by atomic mass is 10.3. The van der Waals surface area contributed by atoms with Crippen LogP contribution in [0.1, 0.15) is 19.5 Å². The van der Waals surface area contributed by atoms with Gasteiger partial charge in [0.1, 0.15) is 5.82 Å². The number of rotatable bonds is 6. The van der Waals surface area contributed by atoms with Gasteiger partial charge in [0.25, 0.3) is 0 Å². The van der Waals surface area contributed by atoms with E-state index in [9.17, 15) is 13.2 Å². The molecule has 1 aromatic rings. The molecule has 0 fully saturated rings. The van der Waals surface area contributed by atoms with Crippen molar-refractivity contribution in [3.05, 3.63) is 11.8 Å². The predicted molar refractivity (Wildman–Crippen MR) is 66.2 cm³/mol. The summed E-state index contributed by atoms with van der Waals surface area (Å²) in [6, 6.07) is 0.725. The Morgan fingerprint density at radius 2 is 2.05 bits per heavy atom. The maximum absolute atomic E-state index is 12.7. The summed E-state index contributed by atoms with van der Waals surface area (Å²) in [7, 11) is 1.52. The van der Waals surface area contributed by atoms with Crippen LogP contribution in [0.5, 0.6) is 0 Å². The van der Waals surface area contributed by atoms with Gasteiger partial charge in [-0.2, -0.15) is 18.2 Å². The van der Waals surface area contributed by atoms with E-state index >= 15 is 0 Å². The van der Waals surface area contributed by atoms with E-state index in [0.717, 1.165) is 6.07 Å². The van der Waals surface area contributed by atoms with Crippen molar-refractivity contribution in [1.29, 1.82) is 0 Å². The molecule has 0 aliphatic carbocycles. The number of nitrogens with one attached hydrogen (secondary N) is 2. The second kappa shape index (κ2) is 6.55. The summed E-state index contributed by atoms with van der Waals surface area (Å²) in [6.45, 7) is 4.34. The average Bonchev–Trinajstić information content (AvgIpc) is 2.28. The zero-order valence-corrected chi connectivity index (χ0v) is 11.0. The molecule has 108 valence electrons. The Morgan fingerprint density at radius 3 is 2.58 bits per heavy atom. The molecule has 5 nitrogen and oxygen atoms in total. The van der Waals surface area contributed by atoms with Gasteiger partial charge in [-0.05, 0) is 13.8 Å². The Hall–Kier alpha value is -1.57. The number of ether oxygens (including phenoxy) is 1. The van der Waals surface area contributed by atoms with E-state index in [-0.39, 0.29) is 17.8 Å². The summed E-state index contributed by atoms with van der Waals surface area (Å²) in [5, 5.41) is 5.51. The van der Waals surface area contributed by atoms with Gasteiger partial charge in [0.15, 0.2) is 5.69 Å². The molecule has 8 heteroatoms. The summed E-state index contributed by atoms with van der Waals surface area (Å²) in [4.78, 5) is 7.40. The van der Waals surface area contributed by atoms with Crippen LogP contribution in [0.2, 0.25) is 0 Å². The highest BCUT2D eigenvalue weighted by atomic mass is 19.4. The molecular weight excluding hydrogens is 261 g/mol. The van der Waals surface area contributed by atoms with Gasteiger partial charge in [0, 0.05) is 25.8 Å². The lowest BCUT2D eigenvalue weighted by molar-refractivity contribution is -0.141. The molecule has 0 spiro atoms. The van der Waals surface area contributed by atoms with Gasteiger partial charge in [-0.25, -0.2) is 4.98 Å². The van der Waals surface area contributed by atoms with Crippen molar-refractivity contribution in [3.8, 4) is 0 Å². The minimum absolute atomic E-state index is 0.0514. The van der Waals surface area contributed by atoms with Gasteiger partial charge in [0.2, 0.25) is 5.95 Å². The van der Waals surface area contributed by atoms with E-state index in [1.54, 1.807) is 13.8 Å². The van der Waals surface area contributed by atoms with Crippen LogP contribution in [-0.2, 0) is 10.9 Å². The molecule has 2 N–H and O–H groups in total. The van der Waals surface area contributed by atoms with E-state index in [1.807, 2.05) is 0 Å². The van der Waals surface area contributed by atoms with Gasteiger partial charge in [-0.15, -0.1) is 0 Å². The summed E-state index contributed by atoms with van der Waals surface area (Å²) in [5.74, 6) is 0.0623. The number of aromatic nitrogens is 2. The smallest absolute Gasteiger partial charge is 0.383 e. The first kappa shape index (κ1) is 15.5. The molecule has 0 aliphatic rings. The second-order valence-corrected chi connectivity index (χ2v) is 3.99. The van der Waals surface area contributed by atoms with Crippen molar-refractivity contribution >= 4 is 11.8 Å². The summed E-state index contributed by atoms with van der Waals surface area (Å²) in [5.41, 5.74) is -0.981. The minimum Gasteiger partial charge on any atom is -0.383 e. The van der Waals surface area contributed by atoms with Crippen LogP contribution in [0.15, 0.2) is 6.07 Å². The molecule has 0 amide bonds. The minimum atomic E-state index is -4.51. The first-order chi connectivity index (χ1) is 8.86. The highest BCUT2D eigenvalue weighted by molar-refractivity contribution is 5.43. The van der Waals surface area contributed by atoms with Crippen molar-refractivity contribution in [1.82, 2.24) is 9.97 Å². The number of anilines is 2. The number of methoxy groups -OCH3 is 1. The molecule has 1 aromatic heterocycles. The molecule has 1 heterocycles.